The SMILES string of the molecule is C.CC(C)(C)OC(=O)COc1ccc2c(c1)CC(N(CCO)c1ccccc1NS(=O)(=O)c1cc3ccc1OC3)CCC2. The summed E-state index contributed by atoms with van der Waals surface area (Å²) in [6.45, 7) is 5.86. The van der Waals surface area contributed by atoms with E-state index in [-0.39, 0.29) is 31.6 Å². The van der Waals surface area contributed by atoms with Gasteiger partial charge in [-0.3, -0.25) is 4.72 Å². The molecular formula is C33H42N2O7S. The molecule has 9 nitrogen and oxygen atoms in total. The van der Waals surface area contributed by atoms with E-state index in [4.69, 9.17) is 14.2 Å². The minimum Gasteiger partial charge on any atom is -0.487 e. The van der Waals surface area contributed by atoms with Crippen molar-refractivity contribution in [1.82, 2.24) is 0 Å². The maximum absolute atomic E-state index is 13.5. The van der Waals surface area contributed by atoms with E-state index >= 15 is 0 Å². The number of sulfonamides is 1. The first-order valence-electron chi connectivity index (χ1n) is 14.2. The zero-order chi connectivity index (χ0) is 29.9. The van der Waals surface area contributed by atoms with Gasteiger partial charge >= 0.3 is 5.97 Å². The Morgan fingerprint density at radius 3 is 2.56 bits per heavy atom. The molecule has 3 aliphatic rings. The van der Waals surface area contributed by atoms with Crippen molar-refractivity contribution in [2.75, 3.05) is 29.4 Å². The number of aliphatic hydroxyl groups excluding tert-OH is 1. The lowest BCUT2D eigenvalue weighted by Gasteiger charge is -2.34. The highest BCUT2D eigenvalue weighted by Crippen LogP contribution is 2.36. The summed E-state index contributed by atoms with van der Waals surface area (Å²) in [5, 5.41) is 10.1. The van der Waals surface area contributed by atoms with Crippen LogP contribution in [0.25, 0.3) is 0 Å². The predicted octanol–water partition coefficient (Wildman–Crippen LogP) is 5.48. The minimum atomic E-state index is -3.92. The smallest absolute Gasteiger partial charge is 0.344 e. The Balaban J connectivity index is 0.00000423. The van der Waals surface area contributed by atoms with E-state index in [9.17, 15) is 18.3 Å². The molecule has 2 bridgehead atoms. The Kier molecular flexibility index (Phi) is 9.92. The number of aliphatic hydroxyl groups is 1. The number of esters is 1. The van der Waals surface area contributed by atoms with Gasteiger partial charge in [-0.2, -0.15) is 0 Å². The van der Waals surface area contributed by atoms with Crippen molar-refractivity contribution in [2.24, 2.45) is 0 Å². The first-order chi connectivity index (χ1) is 20.0. The monoisotopic (exact) mass is 610 g/mol. The maximum atomic E-state index is 13.5. The maximum Gasteiger partial charge on any atom is 0.344 e. The van der Waals surface area contributed by atoms with Crippen LogP contribution in [-0.4, -0.2) is 50.9 Å². The average Bonchev–Trinajstić information content (AvgIpc) is 3.17. The highest BCUT2D eigenvalue weighted by atomic mass is 32.2. The molecule has 1 atom stereocenters. The van der Waals surface area contributed by atoms with E-state index in [0.29, 0.717) is 42.4 Å². The molecule has 2 aliphatic heterocycles. The zero-order valence-electron chi connectivity index (χ0n) is 24.3. The number of hydrogen-bond donors (Lipinski definition) is 2. The molecule has 6 rings (SSSR count). The number of hydrogen-bond acceptors (Lipinski definition) is 8. The van der Waals surface area contributed by atoms with Crippen LogP contribution in [0.1, 0.15) is 57.7 Å². The Bertz CT molecular complexity index is 1550. The molecule has 232 valence electrons. The fourth-order valence-corrected chi connectivity index (χ4v) is 6.81. The van der Waals surface area contributed by atoms with Gasteiger partial charge < -0.3 is 24.2 Å². The van der Waals surface area contributed by atoms with E-state index in [1.54, 1.807) is 24.3 Å². The number of anilines is 2. The third kappa shape index (κ3) is 7.80. The molecule has 3 aromatic carbocycles. The van der Waals surface area contributed by atoms with Gasteiger partial charge in [0.1, 0.15) is 28.6 Å². The standard InChI is InChI=1S/C32H38N2O7S.CH4/c1-32(2,3)41-31(36)21-39-26-13-12-23-7-6-8-25(18-24(23)19-26)34(15-16-35)28-10-5-4-9-27(28)33-42(37,38)30-17-22-11-14-29(30)40-20-22;/h4-5,9-14,17,19,25,33,35H,6-8,15-16,18,20-21H2,1-3H3;1H4. The summed E-state index contributed by atoms with van der Waals surface area (Å²) in [7, 11) is -3.92. The van der Waals surface area contributed by atoms with Crippen molar-refractivity contribution in [3.05, 3.63) is 77.4 Å². The van der Waals surface area contributed by atoms with Crippen molar-refractivity contribution in [2.45, 2.75) is 77.0 Å². The quantitative estimate of drug-likeness (QED) is 0.229. The fraction of sp³-hybridized carbons (Fsp3) is 0.424. The van der Waals surface area contributed by atoms with Gasteiger partial charge in [-0.1, -0.05) is 31.7 Å². The van der Waals surface area contributed by atoms with Gasteiger partial charge in [0.15, 0.2) is 6.61 Å². The Morgan fingerprint density at radius 1 is 1.09 bits per heavy atom. The highest BCUT2D eigenvalue weighted by molar-refractivity contribution is 7.92. The van der Waals surface area contributed by atoms with Gasteiger partial charge in [0, 0.05) is 12.6 Å². The van der Waals surface area contributed by atoms with Crippen LogP contribution in [-0.2, 0) is 39.0 Å². The average molecular weight is 611 g/mol. The van der Waals surface area contributed by atoms with Crippen LogP contribution in [0.4, 0.5) is 11.4 Å². The van der Waals surface area contributed by atoms with Gasteiger partial charge in [-0.25, -0.2) is 13.2 Å². The summed E-state index contributed by atoms with van der Waals surface area (Å²) >= 11 is 0. The van der Waals surface area contributed by atoms with Crippen LogP contribution in [0.2, 0.25) is 0 Å². The second kappa shape index (κ2) is 13.3. The first kappa shape index (κ1) is 32.2. The topological polar surface area (TPSA) is 114 Å². The Morgan fingerprint density at radius 2 is 1.88 bits per heavy atom. The molecule has 2 heterocycles. The molecule has 2 N–H and O–H groups in total. The van der Waals surface area contributed by atoms with Crippen molar-refractivity contribution in [1.29, 1.82) is 0 Å². The van der Waals surface area contributed by atoms with E-state index in [1.165, 1.54) is 5.56 Å². The molecule has 0 aromatic heterocycles. The number of nitrogens with one attached hydrogen (secondary N) is 1. The Labute approximate surface area is 254 Å². The van der Waals surface area contributed by atoms with Gasteiger partial charge in [0.2, 0.25) is 0 Å². The number of rotatable bonds is 10. The van der Waals surface area contributed by atoms with Crippen LogP contribution in [0, 0.1) is 0 Å². The number of benzene rings is 3. The van der Waals surface area contributed by atoms with Crippen LogP contribution in [0.15, 0.2) is 65.6 Å². The molecule has 0 fully saturated rings. The summed E-state index contributed by atoms with van der Waals surface area (Å²) in [6.07, 6.45) is 3.33. The minimum absolute atomic E-state index is 0. The summed E-state index contributed by atoms with van der Waals surface area (Å²) < 4.78 is 46.4. The predicted molar refractivity (Wildman–Crippen MR) is 167 cm³/mol. The van der Waals surface area contributed by atoms with Crippen molar-refractivity contribution >= 4 is 27.4 Å². The van der Waals surface area contributed by atoms with E-state index in [0.717, 1.165) is 30.4 Å². The molecule has 43 heavy (non-hydrogen) atoms. The number of ether oxygens (including phenoxy) is 3. The lowest BCUT2D eigenvalue weighted by Crippen LogP contribution is -2.39. The summed E-state index contributed by atoms with van der Waals surface area (Å²) in [4.78, 5) is 14.4. The molecule has 0 saturated carbocycles. The normalized spacial score (nSPS) is 15.8. The molecule has 0 saturated heterocycles. The lowest BCUT2D eigenvalue weighted by atomic mass is 10.00. The third-order valence-corrected chi connectivity index (χ3v) is 8.71. The Hall–Kier alpha value is -3.76. The molecule has 0 amide bonds. The number of para-hydroxylation sites is 2. The van der Waals surface area contributed by atoms with Crippen molar-refractivity contribution in [3.8, 4) is 11.5 Å². The van der Waals surface area contributed by atoms with E-state index in [1.807, 2.05) is 57.2 Å². The summed E-state index contributed by atoms with van der Waals surface area (Å²) in [6, 6.07) is 18.3. The molecular weight excluding hydrogens is 568 g/mol. The molecule has 0 spiro atoms. The molecule has 10 heteroatoms. The van der Waals surface area contributed by atoms with Crippen LogP contribution in [0.3, 0.4) is 0 Å². The molecule has 1 unspecified atom stereocenters. The molecule has 3 aromatic rings. The van der Waals surface area contributed by atoms with E-state index in [2.05, 4.69) is 9.62 Å². The number of carbonyl (C=O) groups is 1. The van der Waals surface area contributed by atoms with Crippen LogP contribution >= 0.6 is 0 Å². The first-order valence-corrected chi connectivity index (χ1v) is 15.7. The largest absolute Gasteiger partial charge is 0.487 e. The highest BCUT2D eigenvalue weighted by Gasteiger charge is 2.28. The lowest BCUT2D eigenvalue weighted by molar-refractivity contribution is -0.157. The zero-order valence-corrected chi connectivity index (χ0v) is 25.1. The number of fused-ring (bicyclic) bond motifs is 4. The van der Waals surface area contributed by atoms with Crippen molar-refractivity contribution in [3.63, 3.8) is 0 Å². The van der Waals surface area contributed by atoms with Gasteiger partial charge in [-0.15, -0.1) is 0 Å². The van der Waals surface area contributed by atoms with Crippen LogP contribution in [0.5, 0.6) is 11.5 Å². The molecule has 1 aliphatic carbocycles. The van der Waals surface area contributed by atoms with Crippen molar-refractivity contribution < 1.29 is 32.5 Å². The summed E-state index contributed by atoms with van der Waals surface area (Å²) in [5.74, 6) is 0.482. The second-order valence-corrected chi connectivity index (χ2v) is 13.3. The van der Waals surface area contributed by atoms with Gasteiger partial charge in [-0.05, 0) is 99.5 Å². The summed E-state index contributed by atoms with van der Waals surface area (Å²) in [5.41, 5.74) is 3.64. The second-order valence-electron chi connectivity index (χ2n) is 11.7. The van der Waals surface area contributed by atoms with Gasteiger partial charge in [0.05, 0.1) is 18.0 Å². The van der Waals surface area contributed by atoms with Gasteiger partial charge in [0.25, 0.3) is 10.0 Å². The van der Waals surface area contributed by atoms with Crippen LogP contribution < -0.4 is 19.1 Å². The third-order valence-electron chi connectivity index (χ3n) is 7.32. The number of carbonyl (C=O) groups excluding carboxylic acids is 1. The number of nitrogens with zero attached hydrogens (tertiary/aromatic N) is 1. The van der Waals surface area contributed by atoms with E-state index < -0.39 is 21.6 Å². The number of aryl methyl sites for hydroxylation is 1. The fourth-order valence-electron chi connectivity index (χ4n) is 5.54. The molecule has 0 radical (unpaired) electrons.